The van der Waals surface area contributed by atoms with E-state index in [1.165, 1.54) is 25.7 Å². The van der Waals surface area contributed by atoms with Gasteiger partial charge in [-0.1, -0.05) is 147 Å². The summed E-state index contributed by atoms with van der Waals surface area (Å²) in [7, 11) is 0. The van der Waals surface area contributed by atoms with Crippen LogP contribution in [0.4, 0.5) is 5.69 Å². The molecule has 0 aliphatic carbocycles. The molecule has 598 valence electrons. The van der Waals surface area contributed by atoms with Gasteiger partial charge in [0.05, 0.1) is 19.8 Å². The zero-order chi connectivity index (χ0) is 81.0. The number of halogens is 1. The van der Waals surface area contributed by atoms with Crippen molar-refractivity contribution in [3.8, 4) is 0 Å². The molecule has 2 heterocycles. The molecule has 0 unspecified atom stereocenters. The predicted octanol–water partition coefficient (Wildman–Crippen LogP) is 1.98. The molecule has 17 N–H and O–H groups in total. The van der Waals surface area contributed by atoms with Gasteiger partial charge in [-0.3, -0.25) is 67.8 Å². The van der Waals surface area contributed by atoms with Crippen LogP contribution in [0.25, 0.3) is 10.8 Å². The van der Waals surface area contributed by atoms with Crippen molar-refractivity contribution in [2.75, 3.05) is 51.3 Å². The Morgan fingerprint density at radius 2 is 0.955 bits per heavy atom. The third-order valence-electron chi connectivity index (χ3n) is 19.2. The van der Waals surface area contributed by atoms with Gasteiger partial charge in [0, 0.05) is 89.4 Å². The van der Waals surface area contributed by atoms with Gasteiger partial charge in [-0.2, -0.15) is 0 Å². The molecule has 6 aromatic carbocycles. The van der Waals surface area contributed by atoms with Crippen molar-refractivity contribution in [3.63, 3.8) is 0 Å². The number of primary amides is 1. The molecule has 2 fully saturated rings. The Hall–Kier alpha value is -11.3. The first-order chi connectivity index (χ1) is 53.6. The number of ether oxygens (including phenoxy) is 1. The molecule has 2 aliphatic rings. The maximum absolute atomic E-state index is 15.4. The van der Waals surface area contributed by atoms with Gasteiger partial charge in [0.25, 0.3) is 0 Å². The molecule has 12 amide bonds. The summed E-state index contributed by atoms with van der Waals surface area (Å²) < 4.78 is 5.55. The largest absolute Gasteiger partial charge is 0.394 e. The number of nitrogens with zero attached hydrogens (tertiary/aromatic N) is 2. The van der Waals surface area contributed by atoms with E-state index in [2.05, 4.69) is 63.4 Å². The summed E-state index contributed by atoms with van der Waals surface area (Å²) in [5.41, 5.74) is 15.2. The van der Waals surface area contributed by atoms with Crippen molar-refractivity contribution in [2.45, 2.75) is 166 Å². The number of benzene rings is 6. The molecular weight excluding hydrogens is 1460 g/mol. The van der Waals surface area contributed by atoms with Gasteiger partial charge in [0.15, 0.2) is 5.96 Å². The number of nitrogens with two attached hydrogens (primary N) is 2. The van der Waals surface area contributed by atoms with E-state index in [4.69, 9.17) is 33.2 Å². The van der Waals surface area contributed by atoms with Crippen LogP contribution < -0.4 is 70.0 Å². The molecule has 2 aliphatic heterocycles. The predicted molar refractivity (Wildman–Crippen MR) is 422 cm³/mol. The van der Waals surface area contributed by atoms with Gasteiger partial charge in [-0.05, 0) is 113 Å². The van der Waals surface area contributed by atoms with E-state index in [-0.39, 0.29) is 88.7 Å². The van der Waals surface area contributed by atoms with E-state index >= 15 is 9.59 Å². The van der Waals surface area contributed by atoms with Crippen LogP contribution in [-0.4, -0.2) is 198 Å². The second-order valence-electron chi connectivity index (χ2n) is 28.7. The van der Waals surface area contributed by atoms with Gasteiger partial charge in [0.2, 0.25) is 70.9 Å². The van der Waals surface area contributed by atoms with E-state index in [0.717, 1.165) is 16.3 Å². The summed E-state index contributed by atoms with van der Waals surface area (Å²) >= 11 is 6.27. The molecule has 0 saturated carbocycles. The second-order valence-corrected chi connectivity index (χ2v) is 29.1. The number of nitrogens with one attached hydrogen (secondary N) is 12. The van der Waals surface area contributed by atoms with Crippen molar-refractivity contribution in [1.82, 2.24) is 63.0 Å². The number of hydrogen-bond acceptors (Lipinski definition) is 16. The van der Waals surface area contributed by atoms with Crippen LogP contribution >= 0.6 is 11.6 Å². The fraction of sp³-hybridized carbons (Fsp3) is 0.420. The summed E-state index contributed by atoms with van der Waals surface area (Å²) in [4.78, 5) is 174. The summed E-state index contributed by atoms with van der Waals surface area (Å²) in [6.45, 7) is 9.97. The molecule has 2 saturated heterocycles. The minimum atomic E-state index is -1.83. The molecule has 0 bridgehead atoms. The van der Waals surface area contributed by atoms with Gasteiger partial charge in [-0.15, -0.1) is 0 Å². The molecule has 0 spiro atoms. The van der Waals surface area contributed by atoms with E-state index in [9.17, 15) is 53.1 Å². The quantitative estimate of drug-likeness (QED) is 0.0149. The van der Waals surface area contributed by atoms with Gasteiger partial charge in [-0.25, -0.2) is 0 Å². The number of carbonyl (C=O) groups is 12. The first kappa shape index (κ1) is 86.3. The molecule has 112 heavy (non-hydrogen) atoms. The minimum absolute atomic E-state index is 0.00652. The number of aliphatic hydroxyl groups excluding tert-OH is 1. The Bertz CT molecular complexity index is 4260. The first-order valence-corrected chi connectivity index (χ1v) is 37.9. The highest BCUT2D eigenvalue weighted by Crippen LogP contribution is 2.23. The highest BCUT2D eigenvalue weighted by atomic mass is 35.5. The van der Waals surface area contributed by atoms with Crippen LogP contribution in [-0.2, 0) is 101 Å². The van der Waals surface area contributed by atoms with Crippen LogP contribution in [0.3, 0.4) is 0 Å². The molecule has 0 aromatic heterocycles. The number of carbonyl (C=O) groups excluding carboxylic acids is 12. The van der Waals surface area contributed by atoms with Gasteiger partial charge < -0.3 is 84.7 Å². The van der Waals surface area contributed by atoms with Crippen molar-refractivity contribution >= 4 is 105 Å². The highest BCUT2D eigenvalue weighted by molar-refractivity contribution is 6.30. The number of rotatable bonds is 39. The molecule has 30 nitrogen and oxygen atoms in total. The molecule has 8 rings (SSSR count). The van der Waals surface area contributed by atoms with Crippen LogP contribution in [0.15, 0.2) is 146 Å². The standard InChI is InChI=1S/C81H103ClN16O14/c1-48(2)39-63(72(103)90-62(17-11-33-86-81(84)85)80(111)98-34-12-18-70(98)79(110)87-49(3)71(83)102)91-74(105)66(42-53-19-21-56(22-20-53)46-97-35-37-112-38-36-97)94-76(107)68(44-55-26-31-61(32-27-55)88-50(4)100)95-78(109)69(47-99)96-77(108)65(41-52-13-7-6-8-14-52)93-75(106)67(43-54-24-29-60(82)30-25-54)92-73(104)64(89-51(5)101)45-57-23-28-58-15-9-10-16-59(58)40-57/h6-10,13-16,19-32,40,48-49,62-70,99H,11-12,17-18,33-39,41-47H2,1-5H3,(H2,83,102)(H,87,110)(H,88,100)(H,89,101)(H,90,103)(H,91,105)(H,92,104)(H,93,106)(H,94,107)(H,95,109)(H,96,108)(H4,84,85,86)/t49-,62+,63+,64-,65-,66-,67-,68+,69+,70+/m1/s1. The molecular formula is C81H103ClN16O14. The first-order valence-electron chi connectivity index (χ1n) is 37.6. The van der Waals surface area contributed by atoms with E-state index in [0.29, 0.717) is 77.8 Å². The lowest BCUT2D eigenvalue weighted by atomic mass is 9.99. The van der Waals surface area contributed by atoms with Gasteiger partial charge in [0.1, 0.15) is 60.4 Å². The lowest BCUT2D eigenvalue weighted by molar-refractivity contribution is -0.142. The lowest BCUT2D eigenvalue weighted by Crippen LogP contribution is -2.62. The molecule has 6 aromatic rings. The van der Waals surface area contributed by atoms with Crippen LogP contribution in [0.5, 0.6) is 0 Å². The zero-order valence-electron chi connectivity index (χ0n) is 63.6. The maximum Gasteiger partial charge on any atom is 0.245 e. The van der Waals surface area contributed by atoms with E-state index in [1.54, 1.807) is 91.0 Å². The number of aliphatic hydroxyl groups is 1. The van der Waals surface area contributed by atoms with Crippen molar-refractivity contribution in [3.05, 3.63) is 184 Å². The SMILES string of the molecule is CC(=O)Nc1ccc(C[C@H](NC(=O)[C@H](CO)NC(=O)[C@@H](Cc2ccccc2)NC(=O)[C@@H](Cc2ccc(Cl)cc2)NC(=O)[C@@H](Cc2ccc3ccccc3c2)NC(C)=O)C(=O)N[C@H](Cc2ccc(CN3CCOCC3)cc2)C(=O)N[C@@H](CC(C)C)C(=O)N[C@@H](CCCNC(=N)N)C(=O)N2CCC[C@H]2C(=O)N[C@H](C)C(N)=O)cc1. The average Bonchev–Trinajstić information content (AvgIpc) is 1.60. The van der Waals surface area contributed by atoms with Crippen LogP contribution in [0.1, 0.15) is 100 Å². The Kier molecular flexibility index (Phi) is 32.9. The van der Waals surface area contributed by atoms with Crippen LogP contribution in [0, 0.1) is 11.3 Å². The summed E-state index contributed by atoms with van der Waals surface area (Å²) in [5, 5.41) is 51.0. The number of likely N-dealkylation sites (tertiary alicyclic amines) is 1. The van der Waals surface area contributed by atoms with Crippen LogP contribution in [0.2, 0.25) is 5.02 Å². The molecule has 10 atom stereocenters. The van der Waals surface area contributed by atoms with Crippen molar-refractivity contribution in [2.24, 2.45) is 17.4 Å². The van der Waals surface area contributed by atoms with E-state index in [1.807, 2.05) is 68.4 Å². The minimum Gasteiger partial charge on any atom is -0.394 e. The Morgan fingerprint density at radius 1 is 0.509 bits per heavy atom. The summed E-state index contributed by atoms with van der Waals surface area (Å²) in [6, 6.07) is 28.2. The third kappa shape index (κ3) is 27.3. The fourth-order valence-electron chi connectivity index (χ4n) is 13.3. The van der Waals surface area contributed by atoms with E-state index < -0.39 is 132 Å². The molecule has 0 radical (unpaired) electrons. The fourth-order valence-corrected chi connectivity index (χ4v) is 13.4. The summed E-state index contributed by atoms with van der Waals surface area (Å²) in [6.07, 6.45) is 0.0764. The Balaban J connectivity index is 1.08. The number of anilines is 1. The van der Waals surface area contributed by atoms with Gasteiger partial charge >= 0.3 is 0 Å². The monoisotopic (exact) mass is 1560 g/mol. The highest BCUT2D eigenvalue weighted by Gasteiger charge is 2.41. The van der Waals surface area contributed by atoms with Crippen molar-refractivity contribution < 1.29 is 67.4 Å². The third-order valence-corrected chi connectivity index (χ3v) is 19.4. The number of amides is 12. The van der Waals surface area contributed by atoms with Crippen molar-refractivity contribution in [1.29, 1.82) is 5.41 Å². The number of fused-ring (bicyclic) bond motifs is 1. The number of guanidine groups is 1. The zero-order valence-corrected chi connectivity index (χ0v) is 64.4. The second kappa shape index (κ2) is 42.7. The Morgan fingerprint density at radius 3 is 1.47 bits per heavy atom. The topological polar surface area (TPSA) is 449 Å². The molecule has 31 heteroatoms. The normalized spacial score (nSPS) is 15.9. The lowest BCUT2D eigenvalue weighted by Gasteiger charge is -2.31. The maximum atomic E-state index is 15.4. The smallest absolute Gasteiger partial charge is 0.245 e. The number of morpholine rings is 1. The average molecular weight is 1560 g/mol. The Labute approximate surface area is 656 Å². The number of hydrogen-bond donors (Lipinski definition) is 15. The summed E-state index contributed by atoms with van der Waals surface area (Å²) in [5.74, 6) is -9.75.